The molecule has 0 radical (unpaired) electrons. The summed E-state index contributed by atoms with van der Waals surface area (Å²) in [5.74, 6) is -0.502. The average Bonchev–Trinajstić information content (AvgIpc) is 2.43. The summed E-state index contributed by atoms with van der Waals surface area (Å²) < 4.78 is 4.84. The lowest BCUT2D eigenvalue weighted by Crippen LogP contribution is -2.28. The second-order valence-electron chi connectivity index (χ2n) is 3.74. The SMILES string of the molecule is COCCCNC(=O)/C(C#N)=C\N(C=O)CCCN. The van der Waals surface area contributed by atoms with Crippen LogP contribution in [0.2, 0.25) is 0 Å². The fourth-order valence-corrected chi connectivity index (χ4v) is 1.24. The highest BCUT2D eigenvalue weighted by molar-refractivity contribution is 5.97. The summed E-state index contributed by atoms with van der Waals surface area (Å²) >= 11 is 0. The van der Waals surface area contributed by atoms with Crippen LogP contribution in [0.25, 0.3) is 0 Å². The number of nitrogens with zero attached hydrogens (tertiary/aromatic N) is 2. The number of ether oxygens (including phenoxy) is 1. The zero-order valence-corrected chi connectivity index (χ0v) is 11.1. The topological polar surface area (TPSA) is 108 Å². The van der Waals surface area contributed by atoms with Crippen molar-refractivity contribution >= 4 is 12.3 Å². The number of carbonyl (C=O) groups is 2. The van der Waals surface area contributed by atoms with Gasteiger partial charge in [-0.1, -0.05) is 0 Å². The molecule has 0 aromatic heterocycles. The number of carbonyl (C=O) groups excluding carboxylic acids is 2. The van der Waals surface area contributed by atoms with Crippen molar-refractivity contribution in [3.63, 3.8) is 0 Å². The molecule has 0 fully saturated rings. The van der Waals surface area contributed by atoms with Crippen LogP contribution in [0.3, 0.4) is 0 Å². The predicted octanol–water partition coefficient (Wildman–Crippen LogP) is -0.646. The van der Waals surface area contributed by atoms with Crippen LogP contribution >= 0.6 is 0 Å². The van der Waals surface area contributed by atoms with Gasteiger partial charge in [0, 0.05) is 33.0 Å². The molecule has 0 rings (SSSR count). The molecule has 0 aliphatic carbocycles. The predicted molar refractivity (Wildman–Crippen MR) is 69.6 cm³/mol. The summed E-state index contributed by atoms with van der Waals surface area (Å²) in [6.45, 7) is 1.75. The van der Waals surface area contributed by atoms with E-state index in [1.807, 2.05) is 0 Å². The first-order valence-corrected chi connectivity index (χ1v) is 5.99. The average molecular weight is 268 g/mol. The van der Waals surface area contributed by atoms with Gasteiger partial charge in [0.05, 0.1) is 0 Å². The van der Waals surface area contributed by atoms with E-state index in [0.717, 1.165) is 0 Å². The minimum Gasteiger partial charge on any atom is -0.385 e. The standard InChI is InChI=1S/C12H20N4O3/c1-19-7-3-5-15-12(18)11(8-14)9-16(10-17)6-2-4-13/h9-10H,2-7,13H2,1H3,(H,15,18)/b11-9-. The first kappa shape index (κ1) is 17.1. The van der Waals surface area contributed by atoms with Crippen LogP contribution in [0.1, 0.15) is 12.8 Å². The van der Waals surface area contributed by atoms with Gasteiger partial charge in [-0.3, -0.25) is 9.59 Å². The summed E-state index contributed by atoms with van der Waals surface area (Å²) in [5, 5.41) is 11.5. The first-order valence-electron chi connectivity index (χ1n) is 5.99. The molecule has 106 valence electrons. The van der Waals surface area contributed by atoms with Crippen molar-refractivity contribution in [1.29, 1.82) is 5.26 Å². The number of hydrogen-bond acceptors (Lipinski definition) is 5. The van der Waals surface area contributed by atoms with E-state index in [1.165, 1.54) is 11.1 Å². The Kier molecular flexibility index (Phi) is 10.1. The lowest BCUT2D eigenvalue weighted by atomic mass is 10.2. The van der Waals surface area contributed by atoms with Gasteiger partial charge < -0.3 is 20.7 Å². The van der Waals surface area contributed by atoms with E-state index < -0.39 is 5.91 Å². The highest BCUT2D eigenvalue weighted by atomic mass is 16.5. The third-order valence-corrected chi connectivity index (χ3v) is 2.23. The Morgan fingerprint density at radius 2 is 2.26 bits per heavy atom. The largest absolute Gasteiger partial charge is 0.385 e. The molecule has 0 bridgehead atoms. The van der Waals surface area contributed by atoms with Crippen molar-refractivity contribution in [3.8, 4) is 6.07 Å². The van der Waals surface area contributed by atoms with Crippen LogP contribution in [0.15, 0.2) is 11.8 Å². The molecule has 0 aliphatic heterocycles. The van der Waals surface area contributed by atoms with Crippen LogP contribution in [-0.2, 0) is 14.3 Å². The number of rotatable bonds is 10. The Bertz CT molecular complexity index is 349. The van der Waals surface area contributed by atoms with Crippen LogP contribution in [0.5, 0.6) is 0 Å². The summed E-state index contributed by atoms with van der Waals surface area (Å²) in [5.41, 5.74) is 5.22. The van der Waals surface area contributed by atoms with Crippen LogP contribution in [0.4, 0.5) is 0 Å². The van der Waals surface area contributed by atoms with Crippen LogP contribution in [0, 0.1) is 11.3 Å². The fourth-order valence-electron chi connectivity index (χ4n) is 1.24. The van der Waals surface area contributed by atoms with Gasteiger partial charge >= 0.3 is 0 Å². The zero-order valence-electron chi connectivity index (χ0n) is 11.1. The number of hydrogen-bond donors (Lipinski definition) is 2. The van der Waals surface area contributed by atoms with Crippen molar-refractivity contribution in [2.75, 3.05) is 33.4 Å². The minimum atomic E-state index is -0.502. The number of nitrogens with two attached hydrogens (primary N) is 1. The molecule has 0 aromatic carbocycles. The van der Waals surface area contributed by atoms with E-state index in [4.69, 9.17) is 15.7 Å². The summed E-state index contributed by atoms with van der Waals surface area (Å²) in [6, 6.07) is 1.77. The van der Waals surface area contributed by atoms with Gasteiger partial charge in [-0.05, 0) is 19.4 Å². The summed E-state index contributed by atoms with van der Waals surface area (Å²) in [7, 11) is 1.57. The van der Waals surface area contributed by atoms with Crippen LogP contribution in [-0.4, -0.2) is 50.6 Å². The van der Waals surface area contributed by atoms with Crippen molar-refractivity contribution < 1.29 is 14.3 Å². The maximum absolute atomic E-state index is 11.7. The number of nitrogens with one attached hydrogen (secondary N) is 1. The molecule has 0 spiro atoms. The van der Waals surface area contributed by atoms with Gasteiger partial charge in [0.15, 0.2) is 0 Å². The molecule has 0 atom stereocenters. The molecule has 7 nitrogen and oxygen atoms in total. The molecule has 0 aromatic rings. The lowest BCUT2D eigenvalue weighted by molar-refractivity contribution is -0.117. The third-order valence-electron chi connectivity index (χ3n) is 2.23. The number of nitriles is 1. The summed E-state index contributed by atoms with van der Waals surface area (Å²) in [4.78, 5) is 23.7. The highest BCUT2D eigenvalue weighted by Gasteiger charge is 2.10. The minimum absolute atomic E-state index is 0.110. The molecule has 2 amide bonds. The maximum atomic E-state index is 11.7. The monoisotopic (exact) mass is 268 g/mol. The maximum Gasteiger partial charge on any atom is 0.263 e. The second-order valence-corrected chi connectivity index (χ2v) is 3.74. The van der Waals surface area contributed by atoms with Gasteiger partial charge in [0.2, 0.25) is 6.41 Å². The van der Waals surface area contributed by atoms with Crippen LogP contribution < -0.4 is 11.1 Å². The van der Waals surface area contributed by atoms with Crippen molar-refractivity contribution in [2.24, 2.45) is 5.73 Å². The Labute approximate surface area is 113 Å². The molecule has 7 heteroatoms. The molecular formula is C12H20N4O3. The molecule has 19 heavy (non-hydrogen) atoms. The summed E-state index contributed by atoms with van der Waals surface area (Å²) in [6.07, 6.45) is 3.05. The molecule has 0 saturated heterocycles. The van der Waals surface area contributed by atoms with Gasteiger partial charge in [-0.25, -0.2) is 0 Å². The van der Waals surface area contributed by atoms with Gasteiger partial charge in [0.1, 0.15) is 11.6 Å². The fraction of sp³-hybridized carbons (Fsp3) is 0.583. The number of amides is 2. The van der Waals surface area contributed by atoms with E-state index in [-0.39, 0.29) is 5.57 Å². The van der Waals surface area contributed by atoms with E-state index in [1.54, 1.807) is 13.2 Å². The van der Waals surface area contributed by atoms with E-state index in [0.29, 0.717) is 45.5 Å². The number of methoxy groups -OCH3 is 1. The molecule has 3 N–H and O–H groups in total. The molecule has 0 heterocycles. The zero-order chi connectivity index (χ0) is 14.5. The molecule has 0 aliphatic rings. The van der Waals surface area contributed by atoms with Gasteiger partial charge in [-0.2, -0.15) is 5.26 Å². The normalized spacial score (nSPS) is 10.7. The smallest absolute Gasteiger partial charge is 0.263 e. The van der Waals surface area contributed by atoms with E-state index in [9.17, 15) is 9.59 Å². The van der Waals surface area contributed by atoms with E-state index >= 15 is 0 Å². The molecule has 0 unspecified atom stereocenters. The van der Waals surface area contributed by atoms with E-state index in [2.05, 4.69) is 5.32 Å². The third kappa shape index (κ3) is 7.91. The van der Waals surface area contributed by atoms with Crippen molar-refractivity contribution in [3.05, 3.63) is 11.8 Å². The second kappa shape index (κ2) is 11.2. The Morgan fingerprint density at radius 1 is 1.53 bits per heavy atom. The molecule has 0 saturated carbocycles. The molecular weight excluding hydrogens is 248 g/mol. The Morgan fingerprint density at radius 3 is 2.79 bits per heavy atom. The van der Waals surface area contributed by atoms with Crippen molar-refractivity contribution in [1.82, 2.24) is 10.2 Å². The van der Waals surface area contributed by atoms with Gasteiger partial charge in [-0.15, -0.1) is 0 Å². The lowest BCUT2D eigenvalue weighted by Gasteiger charge is -2.12. The van der Waals surface area contributed by atoms with Gasteiger partial charge in [0.25, 0.3) is 5.91 Å². The van der Waals surface area contributed by atoms with Crippen molar-refractivity contribution in [2.45, 2.75) is 12.8 Å². The Balaban J connectivity index is 4.39. The first-order chi connectivity index (χ1) is 9.19. The Hall–Kier alpha value is -1.91. The highest BCUT2D eigenvalue weighted by Crippen LogP contribution is 1.97. The quantitative estimate of drug-likeness (QED) is 0.237.